The van der Waals surface area contributed by atoms with Crippen molar-refractivity contribution in [3.8, 4) is 0 Å². The minimum atomic E-state index is -2.74. The van der Waals surface area contributed by atoms with E-state index in [1.54, 1.807) is 0 Å². The standard InChI is InChI=1S/C16H31NO2S/c1-4-17-16(10-14-5-6-20(18,19)11-14)15-8-12(2)7-13(3)9-15/h12-17H,4-11H2,1-3H3. The molecule has 0 aromatic heterocycles. The van der Waals surface area contributed by atoms with Crippen LogP contribution in [0.15, 0.2) is 0 Å². The molecule has 1 aliphatic carbocycles. The lowest BCUT2D eigenvalue weighted by Crippen LogP contribution is -2.41. The molecule has 0 spiro atoms. The van der Waals surface area contributed by atoms with Gasteiger partial charge in [0, 0.05) is 6.04 Å². The van der Waals surface area contributed by atoms with Gasteiger partial charge >= 0.3 is 0 Å². The molecule has 2 fully saturated rings. The van der Waals surface area contributed by atoms with E-state index in [9.17, 15) is 8.42 Å². The molecule has 2 aliphatic rings. The van der Waals surface area contributed by atoms with Crippen LogP contribution in [0.25, 0.3) is 0 Å². The van der Waals surface area contributed by atoms with Crippen LogP contribution < -0.4 is 5.32 Å². The molecule has 1 aliphatic heterocycles. The second kappa shape index (κ2) is 6.78. The van der Waals surface area contributed by atoms with Crippen molar-refractivity contribution in [3.05, 3.63) is 0 Å². The SMILES string of the molecule is CCNC(CC1CCS(=O)(=O)C1)C1CC(C)CC(C)C1. The van der Waals surface area contributed by atoms with Crippen molar-refractivity contribution in [3.63, 3.8) is 0 Å². The maximum Gasteiger partial charge on any atom is 0.150 e. The molecule has 4 unspecified atom stereocenters. The van der Waals surface area contributed by atoms with Gasteiger partial charge in [-0.05, 0) is 62.3 Å². The molecule has 4 atom stereocenters. The average Bonchev–Trinajstić information content (AvgIpc) is 2.67. The first-order valence-corrected chi connectivity index (χ1v) is 10.2. The Balaban J connectivity index is 1.96. The third kappa shape index (κ3) is 4.45. The predicted octanol–water partition coefficient (Wildman–Crippen LogP) is 2.86. The number of sulfone groups is 1. The van der Waals surface area contributed by atoms with Crippen molar-refractivity contribution in [1.82, 2.24) is 5.32 Å². The summed E-state index contributed by atoms with van der Waals surface area (Å²) in [4.78, 5) is 0. The third-order valence-corrected chi connectivity index (χ3v) is 7.00. The summed E-state index contributed by atoms with van der Waals surface area (Å²) in [5, 5.41) is 3.65. The van der Waals surface area contributed by atoms with Crippen LogP contribution in [0.4, 0.5) is 0 Å². The Hall–Kier alpha value is -0.0900. The lowest BCUT2D eigenvalue weighted by atomic mass is 9.72. The van der Waals surface area contributed by atoms with Gasteiger partial charge in [0.25, 0.3) is 0 Å². The van der Waals surface area contributed by atoms with Crippen LogP contribution in [-0.4, -0.2) is 32.5 Å². The quantitative estimate of drug-likeness (QED) is 0.849. The van der Waals surface area contributed by atoms with Crippen molar-refractivity contribution in [2.45, 2.75) is 58.9 Å². The zero-order valence-corrected chi connectivity index (χ0v) is 14.1. The van der Waals surface area contributed by atoms with E-state index in [0.29, 0.717) is 23.5 Å². The molecule has 2 rings (SSSR count). The zero-order chi connectivity index (χ0) is 14.8. The number of nitrogens with one attached hydrogen (secondary N) is 1. The van der Waals surface area contributed by atoms with Crippen molar-refractivity contribution >= 4 is 9.84 Å². The Morgan fingerprint density at radius 2 is 1.80 bits per heavy atom. The van der Waals surface area contributed by atoms with Crippen LogP contribution in [0.1, 0.15) is 52.9 Å². The summed E-state index contributed by atoms with van der Waals surface area (Å²) in [6.45, 7) is 7.88. The van der Waals surface area contributed by atoms with E-state index in [1.807, 2.05) is 0 Å². The van der Waals surface area contributed by atoms with Gasteiger partial charge in [0.2, 0.25) is 0 Å². The molecule has 20 heavy (non-hydrogen) atoms. The van der Waals surface area contributed by atoms with Gasteiger partial charge in [-0.1, -0.05) is 20.8 Å². The number of hydrogen-bond donors (Lipinski definition) is 1. The minimum absolute atomic E-state index is 0.386. The highest BCUT2D eigenvalue weighted by molar-refractivity contribution is 7.91. The molecule has 0 radical (unpaired) electrons. The fourth-order valence-corrected chi connectivity index (χ4v) is 6.34. The molecule has 0 bridgehead atoms. The largest absolute Gasteiger partial charge is 0.314 e. The summed E-state index contributed by atoms with van der Waals surface area (Å²) in [6.07, 6.45) is 5.90. The smallest absolute Gasteiger partial charge is 0.150 e. The fraction of sp³-hybridized carbons (Fsp3) is 1.00. The Morgan fingerprint density at radius 1 is 1.15 bits per heavy atom. The van der Waals surface area contributed by atoms with Crippen LogP contribution in [0, 0.1) is 23.7 Å². The summed E-state index contributed by atoms with van der Waals surface area (Å²) in [6, 6.07) is 0.517. The number of rotatable bonds is 5. The highest BCUT2D eigenvalue weighted by atomic mass is 32.2. The van der Waals surface area contributed by atoms with E-state index in [0.717, 1.165) is 37.1 Å². The van der Waals surface area contributed by atoms with Crippen molar-refractivity contribution in [2.75, 3.05) is 18.1 Å². The fourth-order valence-electron chi connectivity index (χ4n) is 4.46. The van der Waals surface area contributed by atoms with Gasteiger partial charge < -0.3 is 5.32 Å². The van der Waals surface area contributed by atoms with E-state index in [1.165, 1.54) is 19.3 Å². The van der Waals surface area contributed by atoms with Gasteiger partial charge in [-0.2, -0.15) is 0 Å². The highest BCUT2D eigenvalue weighted by Crippen LogP contribution is 2.37. The van der Waals surface area contributed by atoms with Gasteiger partial charge in [0.15, 0.2) is 9.84 Å². The van der Waals surface area contributed by atoms with E-state index in [4.69, 9.17) is 0 Å². The molecule has 0 amide bonds. The molecule has 3 nitrogen and oxygen atoms in total. The highest BCUT2D eigenvalue weighted by Gasteiger charge is 2.34. The topological polar surface area (TPSA) is 46.2 Å². The van der Waals surface area contributed by atoms with Crippen molar-refractivity contribution in [2.24, 2.45) is 23.7 Å². The molecular weight excluding hydrogens is 270 g/mol. The van der Waals surface area contributed by atoms with Gasteiger partial charge in [-0.25, -0.2) is 8.42 Å². The Bertz CT molecular complexity index is 397. The van der Waals surface area contributed by atoms with Crippen LogP contribution >= 0.6 is 0 Å². The first-order chi connectivity index (χ1) is 9.39. The molecule has 0 aromatic rings. The van der Waals surface area contributed by atoms with E-state index in [-0.39, 0.29) is 0 Å². The van der Waals surface area contributed by atoms with Gasteiger partial charge in [-0.3, -0.25) is 0 Å². The second-order valence-electron chi connectivity index (χ2n) is 7.35. The number of hydrogen-bond acceptors (Lipinski definition) is 3. The summed E-state index contributed by atoms with van der Waals surface area (Å²) in [5.41, 5.74) is 0. The molecule has 4 heteroatoms. The normalized spacial score (nSPS) is 38.8. The van der Waals surface area contributed by atoms with Gasteiger partial charge in [0.1, 0.15) is 0 Å². The summed E-state index contributed by atoms with van der Waals surface area (Å²) in [7, 11) is -2.74. The summed E-state index contributed by atoms with van der Waals surface area (Å²) < 4.78 is 23.3. The van der Waals surface area contributed by atoms with Gasteiger partial charge in [0.05, 0.1) is 11.5 Å². The molecule has 1 heterocycles. The van der Waals surface area contributed by atoms with Crippen LogP contribution in [0.2, 0.25) is 0 Å². The van der Waals surface area contributed by atoms with E-state index < -0.39 is 9.84 Å². The summed E-state index contributed by atoms with van der Waals surface area (Å²) >= 11 is 0. The van der Waals surface area contributed by atoms with E-state index >= 15 is 0 Å². The first kappa shape index (κ1) is 16.3. The van der Waals surface area contributed by atoms with Crippen molar-refractivity contribution in [1.29, 1.82) is 0 Å². The Morgan fingerprint density at radius 3 is 2.30 bits per heavy atom. The third-order valence-electron chi connectivity index (χ3n) is 5.16. The first-order valence-electron chi connectivity index (χ1n) is 8.33. The Labute approximate surface area is 124 Å². The lowest BCUT2D eigenvalue weighted by molar-refractivity contribution is 0.163. The van der Waals surface area contributed by atoms with E-state index in [2.05, 4.69) is 26.1 Å². The zero-order valence-electron chi connectivity index (χ0n) is 13.3. The maximum atomic E-state index is 11.6. The monoisotopic (exact) mass is 301 g/mol. The second-order valence-corrected chi connectivity index (χ2v) is 9.58. The van der Waals surface area contributed by atoms with Crippen molar-refractivity contribution < 1.29 is 8.42 Å². The van der Waals surface area contributed by atoms with Gasteiger partial charge in [-0.15, -0.1) is 0 Å². The molecule has 1 saturated heterocycles. The summed E-state index contributed by atoms with van der Waals surface area (Å²) in [5.74, 6) is 3.59. The molecular formula is C16H31NO2S. The lowest BCUT2D eigenvalue weighted by Gasteiger charge is -2.37. The van der Waals surface area contributed by atoms with Crippen LogP contribution in [0.3, 0.4) is 0 Å². The predicted molar refractivity (Wildman–Crippen MR) is 84.5 cm³/mol. The average molecular weight is 301 g/mol. The van der Waals surface area contributed by atoms with Crippen LogP contribution in [0.5, 0.6) is 0 Å². The maximum absolute atomic E-state index is 11.6. The molecule has 1 saturated carbocycles. The van der Waals surface area contributed by atoms with Crippen LogP contribution in [-0.2, 0) is 9.84 Å². The molecule has 118 valence electrons. The molecule has 1 N–H and O–H groups in total. The minimum Gasteiger partial charge on any atom is -0.314 e. The Kier molecular flexibility index (Phi) is 5.52. The molecule has 0 aromatic carbocycles.